The van der Waals surface area contributed by atoms with Crippen LogP contribution in [0.2, 0.25) is 0 Å². The van der Waals surface area contributed by atoms with E-state index in [9.17, 15) is 4.79 Å². The number of likely N-dealkylation sites (N-methyl/N-ethyl adjacent to an activating group) is 1. The maximum Gasteiger partial charge on any atom is 0.237 e. The van der Waals surface area contributed by atoms with Gasteiger partial charge < -0.3 is 15.8 Å². The molecule has 16 heavy (non-hydrogen) atoms. The number of primary amides is 1. The fourth-order valence-electron chi connectivity index (χ4n) is 1.34. The Bertz CT molecular complexity index is 207. The molecule has 1 amide bonds. The van der Waals surface area contributed by atoms with Crippen molar-refractivity contribution in [3.8, 4) is 0 Å². The summed E-state index contributed by atoms with van der Waals surface area (Å²) in [5.74, 6) is 0.387. The Balaban J connectivity index is 3.61. The highest BCUT2D eigenvalue weighted by atomic mass is 16.5. The largest absolute Gasteiger partial charge is 0.381 e. The van der Waals surface area contributed by atoms with Crippen LogP contribution in [0.5, 0.6) is 0 Å². The number of amides is 1. The Morgan fingerprint density at radius 2 is 2.06 bits per heavy atom. The third-order valence-corrected chi connectivity index (χ3v) is 2.91. The quantitative estimate of drug-likeness (QED) is 0.587. The summed E-state index contributed by atoms with van der Waals surface area (Å²) in [5.41, 5.74) is 4.65. The van der Waals surface area contributed by atoms with Crippen LogP contribution in [-0.2, 0) is 9.53 Å². The number of nitrogens with two attached hydrogens (primary N) is 1. The molecule has 0 saturated carbocycles. The van der Waals surface area contributed by atoms with E-state index in [0.29, 0.717) is 13.0 Å². The molecule has 0 spiro atoms. The Morgan fingerprint density at radius 3 is 2.50 bits per heavy atom. The fraction of sp³-hybridized carbons (Fsp3) is 0.917. The molecule has 0 aromatic carbocycles. The minimum absolute atomic E-state index is 0.333. The molecule has 0 radical (unpaired) electrons. The van der Waals surface area contributed by atoms with Crippen LogP contribution in [0.25, 0.3) is 0 Å². The van der Waals surface area contributed by atoms with E-state index < -0.39 is 5.54 Å². The van der Waals surface area contributed by atoms with Crippen LogP contribution < -0.4 is 11.1 Å². The molecule has 0 aliphatic heterocycles. The molecule has 3 N–H and O–H groups in total. The summed E-state index contributed by atoms with van der Waals surface area (Å²) in [7, 11) is 1.74. The van der Waals surface area contributed by atoms with Gasteiger partial charge in [0.15, 0.2) is 0 Å². The molecule has 0 aromatic rings. The molecule has 0 heterocycles. The molecule has 0 aromatic heterocycles. The highest BCUT2D eigenvalue weighted by Gasteiger charge is 2.28. The molecule has 0 aliphatic rings. The number of carbonyl (C=O) groups excluding carboxylic acids is 1. The second kappa shape index (κ2) is 7.63. The fourth-order valence-corrected chi connectivity index (χ4v) is 1.34. The molecule has 96 valence electrons. The van der Waals surface area contributed by atoms with E-state index in [1.807, 2.05) is 0 Å². The lowest BCUT2D eigenvalue weighted by Crippen LogP contribution is -2.52. The number of hydrogen-bond acceptors (Lipinski definition) is 3. The van der Waals surface area contributed by atoms with Gasteiger partial charge in [-0.25, -0.2) is 0 Å². The van der Waals surface area contributed by atoms with Crippen LogP contribution in [0.1, 0.15) is 40.0 Å². The Morgan fingerprint density at radius 1 is 1.44 bits per heavy atom. The summed E-state index contributed by atoms with van der Waals surface area (Å²) in [6.07, 6.45) is 2.87. The molecule has 1 unspecified atom stereocenters. The van der Waals surface area contributed by atoms with Gasteiger partial charge in [0, 0.05) is 13.2 Å². The SMILES string of the molecule is CNC(C)(CCOCCCC(C)C)C(N)=O. The monoisotopic (exact) mass is 230 g/mol. The zero-order valence-electron chi connectivity index (χ0n) is 11.0. The van der Waals surface area contributed by atoms with Crippen LogP contribution in [0, 0.1) is 5.92 Å². The lowest BCUT2D eigenvalue weighted by Gasteiger charge is -2.25. The molecule has 0 aliphatic carbocycles. The third kappa shape index (κ3) is 6.08. The van der Waals surface area contributed by atoms with E-state index in [4.69, 9.17) is 10.5 Å². The highest BCUT2D eigenvalue weighted by molar-refractivity contribution is 5.84. The van der Waals surface area contributed by atoms with E-state index in [1.54, 1.807) is 14.0 Å². The third-order valence-electron chi connectivity index (χ3n) is 2.91. The smallest absolute Gasteiger partial charge is 0.237 e. The van der Waals surface area contributed by atoms with Crippen molar-refractivity contribution in [2.75, 3.05) is 20.3 Å². The van der Waals surface area contributed by atoms with E-state index in [1.165, 1.54) is 6.42 Å². The Hall–Kier alpha value is -0.610. The first-order chi connectivity index (χ1) is 7.42. The van der Waals surface area contributed by atoms with Gasteiger partial charge in [-0.15, -0.1) is 0 Å². The zero-order chi connectivity index (χ0) is 12.6. The standard InChI is InChI=1S/C12H26N2O2/c1-10(2)6-5-8-16-9-7-12(3,14-4)11(13)15/h10,14H,5-9H2,1-4H3,(H2,13,15). The van der Waals surface area contributed by atoms with Crippen LogP contribution in [0.4, 0.5) is 0 Å². The van der Waals surface area contributed by atoms with Gasteiger partial charge in [-0.1, -0.05) is 13.8 Å². The summed E-state index contributed by atoms with van der Waals surface area (Å²) >= 11 is 0. The second-order valence-electron chi connectivity index (χ2n) is 4.84. The number of carbonyl (C=O) groups is 1. The molecule has 4 heteroatoms. The van der Waals surface area contributed by atoms with Crippen LogP contribution in [-0.4, -0.2) is 31.7 Å². The summed E-state index contributed by atoms with van der Waals surface area (Å²) in [4.78, 5) is 11.2. The van der Waals surface area contributed by atoms with Crippen molar-refractivity contribution in [2.45, 2.75) is 45.6 Å². The van der Waals surface area contributed by atoms with Gasteiger partial charge in [-0.05, 0) is 39.2 Å². The lowest BCUT2D eigenvalue weighted by molar-refractivity contribution is -0.124. The van der Waals surface area contributed by atoms with Crippen molar-refractivity contribution in [3.05, 3.63) is 0 Å². The molecule has 0 saturated heterocycles. The van der Waals surface area contributed by atoms with E-state index in [-0.39, 0.29) is 5.91 Å². The average molecular weight is 230 g/mol. The van der Waals surface area contributed by atoms with Crippen molar-refractivity contribution in [1.29, 1.82) is 0 Å². The van der Waals surface area contributed by atoms with Crippen LogP contribution >= 0.6 is 0 Å². The van der Waals surface area contributed by atoms with E-state index >= 15 is 0 Å². The van der Waals surface area contributed by atoms with E-state index in [0.717, 1.165) is 18.9 Å². The normalized spacial score (nSPS) is 15.1. The summed E-state index contributed by atoms with van der Waals surface area (Å²) in [5, 5.41) is 2.93. The van der Waals surface area contributed by atoms with Crippen molar-refractivity contribution in [3.63, 3.8) is 0 Å². The van der Waals surface area contributed by atoms with Gasteiger partial charge >= 0.3 is 0 Å². The van der Waals surface area contributed by atoms with Gasteiger partial charge in [0.2, 0.25) is 5.91 Å². The van der Waals surface area contributed by atoms with Crippen molar-refractivity contribution in [2.24, 2.45) is 11.7 Å². The molecule has 4 nitrogen and oxygen atoms in total. The summed E-state index contributed by atoms with van der Waals surface area (Å²) < 4.78 is 5.48. The minimum Gasteiger partial charge on any atom is -0.381 e. The van der Waals surface area contributed by atoms with Crippen molar-refractivity contribution < 1.29 is 9.53 Å². The van der Waals surface area contributed by atoms with Gasteiger partial charge in [0.25, 0.3) is 0 Å². The van der Waals surface area contributed by atoms with Crippen LogP contribution in [0.15, 0.2) is 0 Å². The molecule has 0 bridgehead atoms. The first kappa shape index (κ1) is 15.4. The van der Waals surface area contributed by atoms with E-state index in [2.05, 4.69) is 19.2 Å². The van der Waals surface area contributed by atoms with Crippen LogP contribution in [0.3, 0.4) is 0 Å². The number of nitrogens with one attached hydrogen (secondary N) is 1. The zero-order valence-corrected chi connectivity index (χ0v) is 11.0. The van der Waals surface area contributed by atoms with Gasteiger partial charge in [0.05, 0.1) is 5.54 Å². The number of rotatable bonds is 9. The van der Waals surface area contributed by atoms with Gasteiger partial charge in [0.1, 0.15) is 0 Å². The topological polar surface area (TPSA) is 64.3 Å². The van der Waals surface area contributed by atoms with Gasteiger partial charge in [-0.3, -0.25) is 4.79 Å². The maximum atomic E-state index is 11.2. The van der Waals surface area contributed by atoms with Crippen molar-refractivity contribution in [1.82, 2.24) is 5.32 Å². The molecular weight excluding hydrogens is 204 g/mol. The lowest BCUT2D eigenvalue weighted by atomic mass is 9.98. The highest BCUT2D eigenvalue weighted by Crippen LogP contribution is 2.09. The first-order valence-electron chi connectivity index (χ1n) is 5.99. The predicted molar refractivity (Wildman–Crippen MR) is 66.2 cm³/mol. The molecule has 0 fully saturated rings. The van der Waals surface area contributed by atoms with Gasteiger partial charge in [-0.2, -0.15) is 0 Å². The number of hydrogen-bond donors (Lipinski definition) is 2. The maximum absolute atomic E-state index is 11.2. The summed E-state index contributed by atoms with van der Waals surface area (Å²) in [6.45, 7) is 7.53. The minimum atomic E-state index is -0.655. The average Bonchev–Trinajstić information content (AvgIpc) is 2.22. The predicted octanol–water partition coefficient (Wildman–Crippen LogP) is 1.29. The Labute approximate surface area is 98.9 Å². The first-order valence-corrected chi connectivity index (χ1v) is 5.99. The molecule has 0 rings (SSSR count). The molecular formula is C12H26N2O2. The molecule has 1 atom stereocenters. The second-order valence-corrected chi connectivity index (χ2v) is 4.84. The number of ether oxygens (including phenoxy) is 1. The Kier molecular flexibility index (Phi) is 7.34. The van der Waals surface area contributed by atoms with Crippen molar-refractivity contribution >= 4 is 5.91 Å². The summed E-state index contributed by atoms with van der Waals surface area (Å²) in [6, 6.07) is 0.